The van der Waals surface area contributed by atoms with Crippen molar-refractivity contribution >= 4 is 5.70 Å². The third-order valence-corrected chi connectivity index (χ3v) is 1.22. The molecule has 1 nitrogen and oxygen atoms in total. The summed E-state index contributed by atoms with van der Waals surface area (Å²) in [6, 6.07) is 6.28. The molecule has 2 N–H and O–H groups in total. The molecule has 0 aliphatic rings. The van der Waals surface area contributed by atoms with Gasteiger partial charge in [-0.3, -0.25) is 0 Å². The SMILES string of the molecule is C=C(N)c1ccccc1F. The first-order chi connectivity index (χ1) is 4.72. The lowest BCUT2D eigenvalue weighted by atomic mass is 10.2. The highest BCUT2D eigenvalue weighted by Crippen LogP contribution is 2.10. The minimum absolute atomic E-state index is 0.262. The van der Waals surface area contributed by atoms with E-state index in [0.29, 0.717) is 5.56 Å². The fourth-order valence-electron chi connectivity index (χ4n) is 0.722. The summed E-state index contributed by atoms with van der Waals surface area (Å²) in [5, 5.41) is 0. The largest absolute Gasteiger partial charge is 0.399 e. The normalized spacial score (nSPS) is 9.30. The van der Waals surface area contributed by atoms with Crippen LogP contribution in [0.4, 0.5) is 4.39 Å². The number of nitrogens with two attached hydrogens (primary N) is 1. The Labute approximate surface area is 59.0 Å². The number of halogens is 1. The lowest BCUT2D eigenvalue weighted by Crippen LogP contribution is -1.96. The Balaban J connectivity index is 3.15. The number of hydrogen-bond donors (Lipinski definition) is 1. The zero-order valence-corrected chi connectivity index (χ0v) is 5.47. The maximum Gasteiger partial charge on any atom is 0.132 e. The van der Waals surface area contributed by atoms with Gasteiger partial charge in [0.15, 0.2) is 0 Å². The van der Waals surface area contributed by atoms with E-state index < -0.39 is 0 Å². The maximum absolute atomic E-state index is 12.7. The highest BCUT2D eigenvalue weighted by Gasteiger charge is 1.98. The fourth-order valence-corrected chi connectivity index (χ4v) is 0.722. The zero-order valence-electron chi connectivity index (χ0n) is 5.47. The van der Waals surface area contributed by atoms with Crippen LogP contribution in [0.15, 0.2) is 30.8 Å². The Morgan fingerprint density at radius 1 is 1.40 bits per heavy atom. The quantitative estimate of drug-likeness (QED) is 0.627. The molecule has 52 valence electrons. The highest BCUT2D eigenvalue weighted by atomic mass is 19.1. The summed E-state index contributed by atoms with van der Waals surface area (Å²) in [5.41, 5.74) is 5.92. The molecule has 0 radical (unpaired) electrons. The molecule has 0 aliphatic heterocycles. The summed E-state index contributed by atoms with van der Waals surface area (Å²) in [6.45, 7) is 3.42. The molecule has 0 heterocycles. The van der Waals surface area contributed by atoms with Gasteiger partial charge in [-0.1, -0.05) is 18.7 Å². The summed E-state index contributed by atoms with van der Waals surface area (Å²) >= 11 is 0. The molecule has 1 aromatic rings. The van der Waals surface area contributed by atoms with Crippen LogP contribution >= 0.6 is 0 Å². The first kappa shape index (κ1) is 6.81. The Morgan fingerprint density at radius 3 is 2.40 bits per heavy atom. The molecule has 0 saturated carbocycles. The molecule has 0 saturated heterocycles. The van der Waals surface area contributed by atoms with Gasteiger partial charge in [-0.15, -0.1) is 0 Å². The van der Waals surface area contributed by atoms with Crippen LogP contribution in [0.25, 0.3) is 5.70 Å². The summed E-state index contributed by atoms with van der Waals surface area (Å²) in [4.78, 5) is 0. The van der Waals surface area contributed by atoms with Crippen LogP contribution in [0, 0.1) is 5.82 Å². The van der Waals surface area contributed by atoms with E-state index in [-0.39, 0.29) is 11.5 Å². The van der Waals surface area contributed by atoms with Crippen molar-refractivity contribution in [1.82, 2.24) is 0 Å². The highest BCUT2D eigenvalue weighted by molar-refractivity contribution is 5.60. The van der Waals surface area contributed by atoms with Gasteiger partial charge in [0, 0.05) is 11.3 Å². The van der Waals surface area contributed by atoms with Crippen molar-refractivity contribution in [2.45, 2.75) is 0 Å². The van der Waals surface area contributed by atoms with Gasteiger partial charge in [-0.25, -0.2) is 4.39 Å². The van der Waals surface area contributed by atoms with E-state index >= 15 is 0 Å². The molecule has 0 unspecified atom stereocenters. The molecular weight excluding hydrogens is 129 g/mol. The van der Waals surface area contributed by atoms with Crippen LogP contribution < -0.4 is 5.73 Å². The average Bonchev–Trinajstić information content (AvgIpc) is 1.88. The first-order valence-electron chi connectivity index (χ1n) is 2.91. The summed E-state index contributed by atoms with van der Waals surface area (Å²) in [6.07, 6.45) is 0. The summed E-state index contributed by atoms with van der Waals surface area (Å²) in [5.74, 6) is -0.324. The van der Waals surface area contributed by atoms with Crippen molar-refractivity contribution in [3.8, 4) is 0 Å². The lowest BCUT2D eigenvalue weighted by molar-refractivity contribution is 0.624. The molecule has 0 aromatic heterocycles. The second-order valence-corrected chi connectivity index (χ2v) is 2.01. The van der Waals surface area contributed by atoms with Crippen molar-refractivity contribution in [1.29, 1.82) is 0 Å². The standard InChI is InChI=1S/C8H8FN/c1-6(10)7-4-2-3-5-8(7)9/h2-5H,1,10H2. The van der Waals surface area contributed by atoms with Gasteiger partial charge < -0.3 is 5.73 Å². The molecule has 0 amide bonds. The third kappa shape index (κ3) is 1.16. The van der Waals surface area contributed by atoms with Crippen molar-refractivity contribution in [2.24, 2.45) is 5.73 Å². The second kappa shape index (κ2) is 2.52. The van der Waals surface area contributed by atoms with Crippen molar-refractivity contribution < 1.29 is 4.39 Å². The number of benzene rings is 1. The van der Waals surface area contributed by atoms with Crippen LogP contribution in [0.3, 0.4) is 0 Å². The van der Waals surface area contributed by atoms with E-state index in [9.17, 15) is 4.39 Å². The van der Waals surface area contributed by atoms with Gasteiger partial charge in [0.1, 0.15) is 5.82 Å². The van der Waals surface area contributed by atoms with Crippen LogP contribution in [-0.4, -0.2) is 0 Å². The number of hydrogen-bond acceptors (Lipinski definition) is 1. The van der Waals surface area contributed by atoms with E-state index in [0.717, 1.165) is 0 Å². The molecule has 1 aromatic carbocycles. The van der Waals surface area contributed by atoms with E-state index in [1.165, 1.54) is 6.07 Å². The minimum Gasteiger partial charge on any atom is -0.399 e. The molecule has 0 spiro atoms. The summed E-state index contributed by atoms with van der Waals surface area (Å²) < 4.78 is 12.7. The number of rotatable bonds is 1. The smallest absolute Gasteiger partial charge is 0.132 e. The second-order valence-electron chi connectivity index (χ2n) is 2.01. The fraction of sp³-hybridized carbons (Fsp3) is 0. The lowest BCUT2D eigenvalue weighted by Gasteiger charge is -1.98. The average molecular weight is 137 g/mol. The molecule has 0 aliphatic carbocycles. The Hall–Kier alpha value is -1.31. The van der Waals surface area contributed by atoms with E-state index in [4.69, 9.17) is 5.73 Å². The van der Waals surface area contributed by atoms with Crippen LogP contribution in [0.2, 0.25) is 0 Å². The van der Waals surface area contributed by atoms with Crippen LogP contribution in [0.5, 0.6) is 0 Å². The van der Waals surface area contributed by atoms with Gasteiger partial charge >= 0.3 is 0 Å². The van der Waals surface area contributed by atoms with Crippen LogP contribution in [-0.2, 0) is 0 Å². The zero-order chi connectivity index (χ0) is 7.56. The molecule has 10 heavy (non-hydrogen) atoms. The molecular formula is C8H8FN. The Bertz CT molecular complexity index is 255. The van der Waals surface area contributed by atoms with Gasteiger partial charge in [-0.05, 0) is 12.1 Å². The Morgan fingerprint density at radius 2 is 2.00 bits per heavy atom. The predicted octanol–water partition coefficient (Wildman–Crippen LogP) is 1.76. The van der Waals surface area contributed by atoms with Gasteiger partial charge in [-0.2, -0.15) is 0 Å². The molecule has 0 bridgehead atoms. The minimum atomic E-state index is -0.324. The summed E-state index contributed by atoms with van der Waals surface area (Å²) in [7, 11) is 0. The topological polar surface area (TPSA) is 26.0 Å². The van der Waals surface area contributed by atoms with Crippen molar-refractivity contribution in [3.05, 3.63) is 42.2 Å². The van der Waals surface area contributed by atoms with Gasteiger partial charge in [0.05, 0.1) is 0 Å². The predicted molar refractivity (Wildman–Crippen MR) is 39.6 cm³/mol. The van der Waals surface area contributed by atoms with Crippen molar-refractivity contribution in [2.75, 3.05) is 0 Å². The van der Waals surface area contributed by atoms with Crippen LogP contribution in [0.1, 0.15) is 5.56 Å². The molecule has 0 atom stereocenters. The molecule has 0 fully saturated rings. The Kier molecular flexibility index (Phi) is 1.71. The van der Waals surface area contributed by atoms with Crippen molar-refractivity contribution in [3.63, 3.8) is 0 Å². The van der Waals surface area contributed by atoms with Gasteiger partial charge in [0.2, 0.25) is 0 Å². The first-order valence-corrected chi connectivity index (χ1v) is 2.91. The monoisotopic (exact) mass is 137 g/mol. The molecule has 1 rings (SSSR count). The van der Waals surface area contributed by atoms with E-state index in [2.05, 4.69) is 6.58 Å². The van der Waals surface area contributed by atoms with E-state index in [1.807, 2.05) is 0 Å². The van der Waals surface area contributed by atoms with E-state index in [1.54, 1.807) is 18.2 Å². The molecule has 2 heteroatoms. The maximum atomic E-state index is 12.7. The van der Waals surface area contributed by atoms with Gasteiger partial charge in [0.25, 0.3) is 0 Å². The third-order valence-electron chi connectivity index (χ3n) is 1.22.